The van der Waals surface area contributed by atoms with Gasteiger partial charge in [-0.1, -0.05) is 191 Å². The summed E-state index contributed by atoms with van der Waals surface area (Å²) in [6.07, 6.45) is 42.4. The number of aliphatic hydroxyl groups excluding tert-OH is 5. The van der Waals surface area contributed by atoms with Crippen LogP contribution in [0.4, 0.5) is 0 Å². The number of allylic oxidation sites excluding steroid dienone is 5. The molecule has 402 valence electrons. The molecular weight excluding hydrogens is 867 g/mol. The zero-order chi connectivity index (χ0) is 49.9. The smallest absolute Gasteiger partial charge is 0.249 e. The lowest BCUT2D eigenvalue weighted by Crippen LogP contribution is -2.61. The third kappa shape index (κ3) is 28.4. The highest BCUT2D eigenvalue weighted by Gasteiger charge is 2.46. The summed E-state index contributed by atoms with van der Waals surface area (Å²) >= 11 is 0. The van der Waals surface area contributed by atoms with Crippen molar-refractivity contribution >= 4 is 5.91 Å². The van der Waals surface area contributed by atoms with Crippen LogP contribution in [0.2, 0.25) is 0 Å². The molecule has 12 atom stereocenters. The Morgan fingerprint density at radius 1 is 0.609 bits per heavy atom. The fourth-order valence-electron chi connectivity index (χ4n) is 10.4. The van der Waals surface area contributed by atoms with E-state index in [0.717, 1.165) is 54.9 Å². The number of carbonyl (C=O) groups is 1. The van der Waals surface area contributed by atoms with Gasteiger partial charge in [0.2, 0.25) is 5.91 Å². The lowest BCUT2D eigenvalue weighted by atomic mass is 9.99. The van der Waals surface area contributed by atoms with Crippen molar-refractivity contribution in [2.75, 3.05) is 19.8 Å². The second-order valence-electron chi connectivity index (χ2n) is 21.9. The minimum Gasteiger partial charge on any atom is -0.394 e. The minimum absolute atomic E-state index is 0.140. The van der Waals surface area contributed by atoms with E-state index in [4.69, 9.17) is 14.2 Å². The van der Waals surface area contributed by atoms with E-state index in [2.05, 4.69) is 43.5 Å². The van der Waals surface area contributed by atoms with Gasteiger partial charge >= 0.3 is 0 Å². The molecule has 10 nitrogen and oxygen atoms in total. The summed E-state index contributed by atoms with van der Waals surface area (Å²) in [7, 11) is 0. The number of hydrogen-bond acceptors (Lipinski definition) is 9. The number of rotatable bonds is 45. The van der Waals surface area contributed by atoms with E-state index in [1.54, 1.807) is 0 Å². The maximum Gasteiger partial charge on any atom is 0.249 e. The van der Waals surface area contributed by atoms with Crippen LogP contribution in [0.3, 0.4) is 0 Å². The molecule has 69 heavy (non-hydrogen) atoms. The first-order valence-corrected chi connectivity index (χ1v) is 29.0. The van der Waals surface area contributed by atoms with Gasteiger partial charge in [0.25, 0.3) is 0 Å². The van der Waals surface area contributed by atoms with E-state index in [1.165, 1.54) is 161 Å². The highest BCUT2D eigenvalue weighted by molar-refractivity contribution is 5.80. The maximum atomic E-state index is 13.4. The first-order valence-electron chi connectivity index (χ1n) is 29.0. The van der Waals surface area contributed by atoms with Crippen LogP contribution in [0.1, 0.15) is 240 Å². The van der Waals surface area contributed by atoms with Crippen molar-refractivity contribution in [3.63, 3.8) is 0 Å². The Hall–Kier alpha value is -1.63. The molecule has 1 aliphatic heterocycles. The normalized spacial score (nSPS) is 25.8. The van der Waals surface area contributed by atoms with Crippen LogP contribution in [-0.2, 0) is 19.0 Å². The first-order chi connectivity index (χ1) is 33.6. The summed E-state index contributed by atoms with van der Waals surface area (Å²) in [5, 5.41) is 56.6. The summed E-state index contributed by atoms with van der Waals surface area (Å²) in [5.74, 6) is 3.24. The Kier molecular flexibility index (Phi) is 34.8. The Morgan fingerprint density at radius 2 is 1.07 bits per heavy atom. The minimum atomic E-state index is -1.40. The van der Waals surface area contributed by atoms with Crippen LogP contribution in [0, 0.1) is 23.7 Å². The molecule has 0 aromatic heterocycles. The Bertz CT molecular complexity index is 1350. The molecule has 1 amide bonds. The van der Waals surface area contributed by atoms with Gasteiger partial charge in [-0.15, -0.1) is 0 Å². The van der Waals surface area contributed by atoms with Crippen molar-refractivity contribution in [2.24, 2.45) is 23.7 Å². The standard InChI is InChI=1S/C59H107NO9/c1-5-7-9-11-13-16-22-28-34-47-42-49(47)36-30-24-18-15-19-26-32-38-52(62)51(45-68-59-57(67-41-40-46(3)4)56(65)55(64)54(44-61)69-59)60-58(66)53(63)39-33-27-21-20-25-31-37-50-43-48(50)35-29-23-17-14-12-10-8-6-2/h15,19,21,27,40,47-57,59,61-65H,5-14,16-18,20,22-26,28-39,41-45H2,1-4H3,(H,60,66)/b19-15-,27-21-/t47-,48-,49+,50+,51-,52+,53+,54?,55?,56?,57?,59?/m0/s1. The third-order valence-corrected chi connectivity index (χ3v) is 15.3. The zero-order valence-corrected chi connectivity index (χ0v) is 44.6. The molecule has 0 aromatic rings. The van der Waals surface area contributed by atoms with Crippen LogP contribution < -0.4 is 5.32 Å². The van der Waals surface area contributed by atoms with Crippen LogP contribution in [-0.4, -0.2) is 100 Å². The van der Waals surface area contributed by atoms with Crippen LogP contribution in [0.15, 0.2) is 36.0 Å². The van der Waals surface area contributed by atoms with Gasteiger partial charge in [0.1, 0.15) is 30.5 Å². The average Bonchev–Trinajstić information content (AvgIpc) is 4.28. The Balaban J connectivity index is 1.37. The second-order valence-corrected chi connectivity index (χ2v) is 21.9. The van der Waals surface area contributed by atoms with Crippen molar-refractivity contribution in [3.8, 4) is 0 Å². The number of unbranched alkanes of at least 4 members (excludes halogenated alkanes) is 19. The molecule has 0 radical (unpaired) electrons. The largest absolute Gasteiger partial charge is 0.394 e. The molecule has 0 aromatic carbocycles. The van der Waals surface area contributed by atoms with Gasteiger partial charge < -0.3 is 45.1 Å². The lowest BCUT2D eigenvalue weighted by Gasteiger charge is -2.42. The molecule has 5 unspecified atom stereocenters. The predicted octanol–water partition coefficient (Wildman–Crippen LogP) is 12.5. The van der Waals surface area contributed by atoms with E-state index < -0.39 is 61.5 Å². The number of amides is 1. The molecule has 1 heterocycles. The second kappa shape index (κ2) is 38.9. The van der Waals surface area contributed by atoms with E-state index in [-0.39, 0.29) is 19.6 Å². The van der Waals surface area contributed by atoms with Gasteiger partial charge in [0.05, 0.1) is 32.0 Å². The summed E-state index contributed by atoms with van der Waals surface area (Å²) in [6, 6.07) is -0.890. The number of aliphatic hydroxyl groups is 5. The molecule has 10 heteroatoms. The maximum absolute atomic E-state index is 13.4. The Labute approximate surface area is 422 Å². The fraction of sp³-hybridized carbons (Fsp3) is 0.881. The van der Waals surface area contributed by atoms with Gasteiger partial charge in [-0.2, -0.15) is 0 Å². The van der Waals surface area contributed by atoms with E-state index in [1.807, 2.05) is 19.9 Å². The third-order valence-electron chi connectivity index (χ3n) is 15.3. The summed E-state index contributed by atoms with van der Waals surface area (Å²) in [4.78, 5) is 13.4. The number of ether oxygens (including phenoxy) is 3. The summed E-state index contributed by atoms with van der Waals surface area (Å²) in [5.41, 5.74) is 1.01. The van der Waals surface area contributed by atoms with Gasteiger partial charge in [-0.25, -0.2) is 0 Å². The quantitative estimate of drug-likeness (QED) is 0.0258. The molecular formula is C59H107NO9. The van der Waals surface area contributed by atoms with Crippen LogP contribution in [0.25, 0.3) is 0 Å². The molecule has 0 bridgehead atoms. The fourth-order valence-corrected chi connectivity index (χ4v) is 10.4. The van der Waals surface area contributed by atoms with Crippen molar-refractivity contribution in [1.82, 2.24) is 5.32 Å². The summed E-state index contributed by atoms with van der Waals surface area (Å²) < 4.78 is 17.8. The first kappa shape index (κ1) is 61.7. The number of hydrogen-bond donors (Lipinski definition) is 6. The SMILES string of the molecule is CCCCCCCCCC[C@H]1C[C@H]1CCCC/C=C\CCC[C@@H](O)[C@H](COC1OC(CO)C(O)C(O)C1OCC=C(C)C)NC(=O)[C@H](O)CC/C=C\CCCC[C@@H]1C[C@@H]1CCCCCCCCCC. The monoisotopic (exact) mass is 974 g/mol. The van der Waals surface area contributed by atoms with E-state index in [0.29, 0.717) is 19.3 Å². The molecule has 2 aliphatic carbocycles. The van der Waals surface area contributed by atoms with Crippen LogP contribution in [0.5, 0.6) is 0 Å². The van der Waals surface area contributed by atoms with Crippen LogP contribution >= 0.6 is 0 Å². The molecule has 3 aliphatic rings. The molecule has 3 rings (SSSR count). The molecule has 2 saturated carbocycles. The van der Waals surface area contributed by atoms with Gasteiger partial charge in [-0.05, 0) is 108 Å². The number of nitrogens with one attached hydrogen (secondary N) is 1. The van der Waals surface area contributed by atoms with Crippen molar-refractivity contribution in [2.45, 2.75) is 289 Å². The van der Waals surface area contributed by atoms with Gasteiger partial charge in [0.15, 0.2) is 6.29 Å². The molecule has 0 spiro atoms. The van der Waals surface area contributed by atoms with E-state index in [9.17, 15) is 30.3 Å². The van der Waals surface area contributed by atoms with Gasteiger partial charge in [-0.3, -0.25) is 4.79 Å². The topological polar surface area (TPSA) is 158 Å². The molecule has 1 saturated heterocycles. The average molecular weight is 975 g/mol. The van der Waals surface area contributed by atoms with Crippen molar-refractivity contribution < 1.29 is 44.5 Å². The lowest BCUT2D eigenvalue weighted by molar-refractivity contribution is -0.310. The van der Waals surface area contributed by atoms with Crippen molar-refractivity contribution in [3.05, 3.63) is 36.0 Å². The number of carbonyl (C=O) groups excluding carboxylic acids is 1. The highest BCUT2D eigenvalue weighted by atomic mass is 16.7. The highest BCUT2D eigenvalue weighted by Crippen LogP contribution is 2.46. The van der Waals surface area contributed by atoms with Crippen molar-refractivity contribution in [1.29, 1.82) is 0 Å². The van der Waals surface area contributed by atoms with Gasteiger partial charge in [0, 0.05) is 0 Å². The van der Waals surface area contributed by atoms with E-state index >= 15 is 0 Å². The molecule has 6 N–H and O–H groups in total. The Morgan fingerprint density at radius 3 is 1.57 bits per heavy atom. The predicted molar refractivity (Wildman–Crippen MR) is 283 cm³/mol. The molecule has 3 fully saturated rings. The zero-order valence-electron chi connectivity index (χ0n) is 44.6. The summed E-state index contributed by atoms with van der Waals surface area (Å²) in [6.45, 7) is 7.79.